The van der Waals surface area contributed by atoms with E-state index in [2.05, 4.69) is 10.3 Å². The number of carbonyl (C=O) groups is 1. The number of hydrogen-bond donors (Lipinski definition) is 1. The molecular formula is C16H22N4O4S. The molecule has 0 saturated heterocycles. The van der Waals surface area contributed by atoms with Gasteiger partial charge in [-0.3, -0.25) is 4.79 Å². The SMILES string of the molecule is CCCS(=O)(=O)N1CCn2cc(C(=O)NCc3ccco3)nc2[C@@H]1C. The summed E-state index contributed by atoms with van der Waals surface area (Å²) in [6.07, 6.45) is 3.79. The second-order valence-electron chi connectivity index (χ2n) is 6.04. The van der Waals surface area contributed by atoms with Gasteiger partial charge in [0.1, 0.15) is 17.3 Å². The largest absolute Gasteiger partial charge is 0.467 e. The maximum absolute atomic E-state index is 12.4. The minimum absolute atomic E-state index is 0.120. The van der Waals surface area contributed by atoms with Crippen molar-refractivity contribution >= 4 is 15.9 Å². The minimum Gasteiger partial charge on any atom is -0.467 e. The Morgan fingerprint density at radius 2 is 2.24 bits per heavy atom. The predicted octanol–water partition coefficient (Wildman–Crippen LogP) is 1.52. The highest BCUT2D eigenvalue weighted by atomic mass is 32.2. The molecule has 2 aromatic rings. The molecule has 0 radical (unpaired) electrons. The molecule has 0 fully saturated rings. The van der Waals surface area contributed by atoms with Crippen molar-refractivity contribution < 1.29 is 17.6 Å². The van der Waals surface area contributed by atoms with Gasteiger partial charge >= 0.3 is 0 Å². The Labute approximate surface area is 146 Å². The van der Waals surface area contributed by atoms with Crippen molar-refractivity contribution in [2.45, 2.75) is 39.4 Å². The molecule has 1 N–H and O–H groups in total. The number of furan rings is 1. The van der Waals surface area contributed by atoms with Crippen molar-refractivity contribution in [1.29, 1.82) is 0 Å². The van der Waals surface area contributed by atoms with Crippen molar-refractivity contribution in [1.82, 2.24) is 19.2 Å². The summed E-state index contributed by atoms with van der Waals surface area (Å²) < 4.78 is 33.3. The monoisotopic (exact) mass is 366 g/mol. The third kappa shape index (κ3) is 3.62. The van der Waals surface area contributed by atoms with Crippen LogP contribution in [0.1, 0.15) is 48.4 Å². The van der Waals surface area contributed by atoms with Crippen LogP contribution in [0.15, 0.2) is 29.0 Å². The fraction of sp³-hybridized carbons (Fsp3) is 0.500. The van der Waals surface area contributed by atoms with Crippen LogP contribution in [0, 0.1) is 0 Å². The van der Waals surface area contributed by atoms with Gasteiger partial charge in [-0.2, -0.15) is 4.31 Å². The second kappa shape index (κ2) is 7.01. The van der Waals surface area contributed by atoms with E-state index in [0.717, 1.165) is 0 Å². The van der Waals surface area contributed by atoms with Crippen LogP contribution < -0.4 is 5.32 Å². The number of hydrogen-bond acceptors (Lipinski definition) is 5. The first-order chi connectivity index (χ1) is 11.9. The average molecular weight is 366 g/mol. The highest BCUT2D eigenvalue weighted by molar-refractivity contribution is 7.89. The lowest BCUT2D eigenvalue weighted by atomic mass is 10.2. The zero-order valence-electron chi connectivity index (χ0n) is 14.3. The van der Waals surface area contributed by atoms with Gasteiger partial charge in [0.05, 0.1) is 24.6 Å². The molecule has 0 bridgehead atoms. The zero-order valence-corrected chi connectivity index (χ0v) is 15.1. The van der Waals surface area contributed by atoms with Crippen LogP contribution in [-0.4, -0.2) is 40.5 Å². The lowest BCUT2D eigenvalue weighted by molar-refractivity contribution is 0.0943. The summed E-state index contributed by atoms with van der Waals surface area (Å²) >= 11 is 0. The first-order valence-corrected chi connectivity index (χ1v) is 9.90. The van der Waals surface area contributed by atoms with Crippen LogP contribution in [0.5, 0.6) is 0 Å². The fourth-order valence-corrected chi connectivity index (χ4v) is 4.69. The number of carbonyl (C=O) groups excluding carboxylic acids is 1. The maximum atomic E-state index is 12.4. The lowest BCUT2D eigenvalue weighted by Gasteiger charge is -2.32. The number of aromatic nitrogens is 2. The lowest BCUT2D eigenvalue weighted by Crippen LogP contribution is -2.42. The van der Waals surface area contributed by atoms with Crippen molar-refractivity contribution in [3.8, 4) is 0 Å². The molecule has 3 rings (SSSR count). The van der Waals surface area contributed by atoms with E-state index >= 15 is 0 Å². The van der Waals surface area contributed by atoms with Gasteiger partial charge in [-0.25, -0.2) is 13.4 Å². The number of rotatable bonds is 6. The van der Waals surface area contributed by atoms with Gasteiger partial charge in [0, 0.05) is 19.3 Å². The molecule has 0 unspecified atom stereocenters. The Hall–Kier alpha value is -2.13. The van der Waals surface area contributed by atoms with Gasteiger partial charge in [-0.1, -0.05) is 6.92 Å². The summed E-state index contributed by atoms with van der Waals surface area (Å²) in [6, 6.07) is 3.14. The Bertz CT molecular complexity index is 842. The molecule has 1 atom stereocenters. The van der Waals surface area contributed by atoms with Gasteiger partial charge in [0.15, 0.2) is 0 Å². The van der Waals surface area contributed by atoms with Crippen LogP contribution in [0.25, 0.3) is 0 Å². The summed E-state index contributed by atoms with van der Waals surface area (Å²) in [7, 11) is -3.31. The standard InChI is InChI=1S/C16H22N4O4S/c1-3-9-25(22,23)20-7-6-19-11-14(18-15(19)12(20)2)16(21)17-10-13-5-4-8-24-13/h4-5,8,11-12H,3,6-7,9-10H2,1-2H3,(H,17,21)/t12-/m0/s1. The van der Waals surface area contributed by atoms with Gasteiger partial charge in [0.25, 0.3) is 5.91 Å². The summed E-state index contributed by atoms with van der Waals surface area (Å²) in [6.45, 7) is 4.80. The van der Waals surface area contributed by atoms with E-state index in [-0.39, 0.29) is 23.9 Å². The number of sulfonamides is 1. The molecule has 3 heterocycles. The van der Waals surface area contributed by atoms with E-state index in [9.17, 15) is 13.2 Å². The molecule has 1 aliphatic heterocycles. The first kappa shape index (κ1) is 17.7. The van der Waals surface area contributed by atoms with E-state index in [4.69, 9.17) is 4.42 Å². The van der Waals surface area contributed by atoms with Crippen LogP contribution in [0.2, 0.25) is 0 Å². The Morgan fingerprint density at radius 3 is 2.92 bits per heavy atom. The molecule has 2 aromatic heterocycles. The van der Waals surface area contributed by atoms with Crippen LogP contribution in [-0.2, 0) is 23.1 Å². The quantitative estimate of drug-likeness (QED) is 0.836. The topological polar surface area (TPSA) is 97.4 Å². The van der Waals surface area contributed by atoms with E-state index < -0.39 is 16.1 Å². The molecule has 0 saturated carbocycles. The highest BCUT2D eigenvalue weighted by Crippen LogP contribution is 2.27. The van der Waals surface area contributed by atoms with Crippen molar-refractivity contribution in [3.05, 3.63) is 41.9 Å². The van der Waals surface area contributed by atoms with Crippen molar-refractivity contribution in [2.75, 3.05) is 12.3 Å². The van der Waals surface area contributed by atoms with Crippen LogP contribution in [0.3, 0.4) is 0 Å². The molecule has 0 aromatic carbocycles. The van der Waals surface area contributed by atoms with Gasteiger partial charge in [0.2, 0.25) is 10.0 Å². The van der Waals surface area contributed by atoms with Crippen molar-refractivity contribution in [2.24, 2.45) is 0 Å². The minimum atomic E-state index is -3.31. The van der Waals surface area contributed by atoms with Crippen LogP contribution >= 0.6 is 0 Å². The van der Waals surface area contributed by atoms with Crippen molar-refractivity contribution in [3.63, 3.8) is 0 Å². The van der Waals surface area contributed by atoms with Gasteiger partial charge in [-0.15, -0.1) is 0 Å². The zero-order chi connectivity index (χ0) is 18.0. The Morgan fingerprint density at radius 1 is 1.44 bits per heavy atom. The predicted molar refractivity (Wildman–Crippen MR) is 91.3 cm³/mol. The van der Waals surface area contributed by atoms with Gasteiger partial charge in [-0.05, 0) is 25.5 Å². The summed E-state index contributed by atoms with van der Waals surface area (Å²) in [5, 5.41) is 2.75. The fourth-order valence-electron chi connectivity index (χ4n) is 3.01. The maximum Gasteiger partial charge on any atom is 0.271 e. The van der Waals surface area contributed by atoms with E-state index in [0.29, 0.717) is 31.1 Å². The summed E-state index contributed by atoms with van der Waals surface area (Å²) in [5.41, 5.74) is 0.281. The molecular weight excluding hydrogens is 344 g/mol. The third-order valence-electron chi connectivity index (χ3n) is 4.23. The number of amides is 1. The number of imidazole rings is 1. The Kier molecular flexibility index (Phi) is 4.96. The number of nitrogens with zero attached hydrogens (tertiary/aromatic N) is 3. The number of fused-ring (bicyclic) bond motifs is 1. The molecule has 1 aliphatic rings. The normalized spacial score (nSPS) is 18.1. The molecule has 136 valence electrons. The molecule has 0 spiro atoms. The molecule has 8 nitrogen and oxygen atoms in total. The van der Waals surface area contributed by atoms with E-state index in [1.807, 2.05) is 11.5 Å². The summed E-state index contributed by atoms with van der Waals surface area (Å²) in [5.74, 6) is 1.05. The third-order valence-corrected chi connectivity index (χ3v) is 6.37. The van der Waals surface area contributed by atoms with Gasteiger partial charge < -0.3 is 14.3 Å². The highest BCUT2D eigenvalue weighted by Gasteiger charge is 2.34. The summed E-state index contributed by atoms with van der Waals surface area (Å²) in [4.78, 5) is 16.7. The molecule has 1 amide bonds. The first-order valence-electron chi connectivity index (χ1n) is 8.29. The second-order valence-corrected chi connectivity index (χ2v) is 8.08. The Balaban J connectivity index is 1.74. The molecule has 0 aliphatic carbocycles. The van der Waals surface area contributed by atoms with Crippen LogP contribution in [0.4, 0.5) is 0 Å². The average Bonchev–Trinajstić information content (AvgIpc) is 3.22. The van der Waals surface area contributed by atoms with E-state index in [1.165, 1.54) is 4.31 Å². The smallest absolute Gasteiger partial charge is 0.271 e. The molecule has 25 heavy (non-hydrogen) atoms. The number of nitrogens with one attached hydrogen (secondary N) is 1. The molecule has 9 heteroatoms. The van der Waals surface area contributed by atoms with E-state index in [1.54, 1.807) is 31.5 Å².